The normalized spacial score (nSPS) is 16.8. The van der Waals surface area contributed by atoms with Gasteiger partial charge in [0.05, 0.1) is 22.0 Å². The van der Waals surface area contributed by atoms with Crippen LogP contribution in [0.15, 0.2) is 36.4 Å². The molecule has 3 rings (SSSR count). The molecule has 2 atom stereocenters. The molecule has 0 saturated carbocycles. The number of carbonyl (C=O) groups excluding carboxylic acids is 2. The molecule has 0 spiro atoms. The van der Waals surface area contributed by atoms with E-state index in [9.17, 15) is 14.4 Å². The maximum Gasteiger partial charge on any atom is 0.335 e. The van der Waals surface area contributed by atoms with E-state index in [4.69, 9.17) is 33.0 Å². The van der Waals surface area contributed by atoms with Gasteiger partial charge in [-0.15, -0.1) is 0 Å². The molecule has 0 fully saturated rings. The van der Waals surface area contributed by atoms with Crippen LogP contribution in [0.4, 0.5) is 11.4 Å². The Morgan fingerprint density at radius 3 is 2.61 bits per heavy atom. The van der Waals surface area contributed by atoms with E-state index in [0.717, 1.165) is 0 Å². The number of carboxylic acid groups (broad SMARTS) is 1. The van der Waals surface area contributed by atoms with E-state index >= 15 is 0 Å². The van der Waals surface area contributed by atoms with E-state index < -0.39 is 29.9 Å². The Balaban J connectivity index is 1.93. The fourth-order valence-electron chi connectivity index (χ4n) is 2.84. The quantitative estimate of drug-likeness (QED) is 0.780. The van der Waals surface area contributed by atoms with E-state index in [-0.39, 0.29) is 11.3 Å². The average molecular weight is 423 g/mol. The van der Waals surface area contributed by atoms with Crippen molar-refractivity contribution in [3.63, 3.8) is 0 Å². The number of carbonyl (C=O) groups is 3. The lowest BCUT2D eigenvalue weighted by Gasteiger charge is -2.36. The number of hydrogen-bond acceptors (Lipinski definition) is 4. The smallest absolute Gasteiger partial charge is 0.335 e. The third-order valence-corrected chi connectivity index (χ3v) is 4.87. The number of carboxylic acids is 1. The zero-order chi connectivity index (χ0) is 20.6. The Bertz CT molecular complexity index is 979. The third-order valence-electron chi connectivity index (χ3n) is 4.31. The van der Waals surface area contributed by atoms with Crippen molar-refractivity contribution in [3.05, 3.63) is 52.0 Å². The summed E-state index contributed by atoms with van der Waals surface area (Å²) in [7, 11) is 0. The summed E-state index contributed by atoms with van der Waals surface area (Å²) in [5, 5.41) is 12.5. The molecule has 7 nitrogen and oxygen atoms in total. The molecule has 146 valence electrons. The zero-order valence-electron chi connectivity index (χ0n) is 14.9. The highest BCUT2D eigenvalue weighted by Gasteiger charge is 2.37. The molecule has 28 heavy (non-hydrogen) atoms. The second-order valence-electron chi connectivity index (χ2n) is 6.25. The number of amides is 2. The van der Waals surface area contributed by atoms with E-state index in [2.05, 4.69) is 5.32 Å². The average Bonchev–Trinajstić information content (AvgIpc) is 2.64. The summed E-state index contributed by atoms with van der Waals surface area (Å²) in [5.74, 6) is -1.81. The number of ether oxygens (including phenoxy) is 1. The summed E-state index contributed by atoms with van der Waals surface area (Å²) in [5.41, 5.74) is 0.650. The molecule has 2 aromatic rings. The van der Waals surface area contributed by atoms with Crippen LogP contribution in [0.25, 0.3) is 0 Å². The van der Waals surface area contributed by atoms with Crippen LogP contribution in [0.5, 0.6) is 5.75 Å². The Morgan fingerprint density at radius 2 is 1.93 bits per heavy atom. The monoisotopic (exact) mass is 422 g/mol. The van der Waals surface area contributed by atoms with Crippen molar-refractivity contribution in [2.75, 3.05) is 10.2 Å². The summed E-state index contributed by atoms with van der Waals surface area (Å²) in [6.45, 7) is 3.09. The van der Waals surface area contributed by atoms with Crippen molar-refractivity contribution in [1.82, 2.24) is 0 Å². The molecule has 1 aliphatic heterocycles. The Hall–Kier alpha value is -2.77. The number of hydrogen-bond donors (Lipinski definition) is 2. The first kappa shape index (κ1) is 20.0. The van der Waals surface area contributed by atoms with Gasteiger partial charge in [0, 0.05) is 5.02 Å². The molecular weight excluding hydrogens is 407 g/mol. The zero-order valence-corrected chi connectivity index (χ0v) is 16.4. The lowest BCUT2D eigenvalue weighted by Crippen LogP contribution is -2.52. The maximum absolute atomic E-state index is 12.8. The van der Waals surface area contributed by atoms with Crippen LogP contribution in [0.2, 0.25) is 10.0 Å². The van der Waals surface area contributed by atoms with Crippen LogP contribution >= 0.6 is 23.2 Å². The molecule has 2 amide bonds. The number of aromatic carboxylic acids is 1. The molecule has 0 bridgehead atoms. The topological polar surface area (TPSA) is 95.9 Å². The number of rotatable bonds is 4. The Morgan fingerprint density at radius 1 is 1.21 bits per heavy atom. The Kier molecular flexibility index (Phi) is 5.49. The molecule has 0 saturated heterocycles. The van der Waals surface area contributed by atoms with Crippen molar-refractivity contribution < 1.29 is 24.2 Å². The largest absolute Gasteiger partial charge is 0.479 e. The van der Waals surface area contributed by atoms with E-state index in [1.54, 1.807) is 19.1 Å². The highest BCUT2D eigenvalue weighted by molar-refractivity contribution is 6.35. The van der Waals surface area contributed by atoms with Gasteiger partial charge in [0.1, 0.15) is 11.8 Å². The standard InChI is InChI=1S/C19H16Cl2N2O5/c1-9(17(24)22-14-8-12(20)4-5-13(14)21)23-15-6-3-11(19(26)27)7-16(15)28-10(2)18(23)25/h3-10H,1-2H3,(H,22,24)(H,26,27). The van der Waals surface area contributed by atoms with Crippen molar-refractivity contribution in [2.45, 2.75) is 26.0 Å². The lowest BCUT2D eigenvalue weighted by molar-refractivity contribution is -0.128. The third kappa shape index (κ3) is 3.76. The Labute approximate surface area is 170 Å². The van der Waals surface area contributed by atoms with Gasteiger partial charge in [-0.25, -0.2) is 4.79 Å². The first-order valence-electron chi connectivity index (χ1n) is 8.32. The van der Waals surface area contributed by atoms with Crippen LogP contribution in [0.3, 0.4) is 0 Å². The molecule has 9 heteroatoms. The fourth-order valence-corrected chi connectivity index (χ4v) is 3.18. The SMILES string of the molecule is CC1Oc2cc(C(=O)O)ccc2N(C(C)C(=O)Nc2cc(Cl)ccc2Cl)C1=O. The van der Waals surface area contributed by atoms with Gasteiger partial charge < -0.3 is 15.2 Å². The molecule has 0 aliphatic carbocycles. The molecule has 2 N–H and O–H groups in total. The van der Waals surface area contributed by atoms with E-state index in [1.165, 1.54) is 36.1 Å². The molecule has 1 heterocycles. The van der Waals surface area contributed by atoms with Gasteiger partial charge in [-0.3, -0.25) is 14.5 Å². The van der Waals surface area contributed by atoms with Crippen molar-refractivity contribution in [3.8, 4) is 5.75 Å². The van der Waals surface area contributed by atoms with Crippen molar-refractivity contribution >= 4 is 52.4 Å². The van der Waals surface area contributed by atoms with Gasteiger partial charge in [-0.2, -0.15) is 0 Å². The van der Waals surface area contributed by atoms with Gasteiger partial charge in [0.15, 0.2) is 6.10 Å². The number of nitrogens with one attached hydrogen (secondary N) is 1. The second-order valence-corrected chi connectivity index (χ2v) is 7.09. The molecule has 2 aromatic carbocycles. The molecule has 1 aliphatic rings. The number of nitrogens with zero attached hydrogens (tertiary/aromatic N) is 1. The van der Waals surface area contributed by atoms with Crippen LogP contribution in [-0.4, -0.2) is 35.0 Å². The molecule has 0 radical (unpaired) electrons. The maximum atomic E-state index is 12.8. The summed E-state index contributed by atoms with van der Waals surface area (Å²) in [4.78, 5) is 37.9. The van der Waals surface area contributed by atoms with E-state index in [0.29, 0.717) is 21.4 Å². The highest BCUT2D eigenvalue weighted by atomic mass is 35.5. The van der Waals surface area contributed by atoms with Crippen molar-refractivity contribution in [1.29, 1.82) is 0 Å². The van der Waals surface area contributed by atoms with Gasteiger partial charge >= 0.3 is 5.97 Å². The minimum absolute atomic E-state index is 0.0167. The first-order chi connectivity index (χ1) is 13.2. The number of fused-ring (bicyclic) bond motifs is 1. The van der Waals surface area contributed by atoms with Crippen LogP contribution in [0, 0.1) is 0 Å². The van der Waals surface area contributed by atoms with Crippen LogP contribution in [-0.2, 0) is 9.59 Å². The van der Waals surface area contributed by atoms with Crippen LogP contribution < -0.4 is 15.0 Å². The van der Waals surface area contributed by atoms with Crippen molar-refractivity contribution in [2.24, 2.45) is 0 Å². The van der Waals surface area contributed by atoms with E-state index in [1.807, 2.05) is 0 Å². The number of benzene rings is 2. The number of halogens is 2. The minimum atomic E-state index is -1.12. The predicted molar refractivity (Wildman–Crippen MR) is 106 cm³/mol. The molecule has 2 unspecified atom stereocenters. The van der Waals surface area contributed by atoms with Gasteiger partial charge in [0.25, 0.3) is 5.91 Å². The fraction of sp³-hybridized carbons (Fsp3) is 0.211. The summed E-state index contributed by atoms with van der Waals surface area (Å²) in [6, 6.07) is 7.85. The molecule has 0 aromatic heterocycles. The minimum Gasteiger partial charge on any atom is -0.479 e. The second kappa shape index (κ2) is 7.69. The summed E-state index contributed by atoms with van der Waals surface area (Å²) < 4.78 is 5.52. The summed E-state index contributed by atoms with van der Waals surface area (Å²) in [6.07, 6.45) is -0.874. The summed E-state index contributed by atoms with van der Waals surface area (Å²) >= 11 is 12.0. The van der Waals surface area contributed by atoms with Crippen LogP contribution in [0.1, 0.15) is 24.2 Å². The lowest BCUT2D eigenvalue weighted by atomic mass is 10.1. The van der Waals surface area contributed by atoms with Gasteiger partial charge in [-0.1, -0.05) is 23.2 Å². The number of anilines is 2. The van der Waals surface area contributed by atoms with Gasteiger partial charge in [-0.05, 0) is 50.2 Å². The first-order valence-corrected chi connectivity index (χ1v) is 9.07. The molecular formula is C19H16Cl2N2O5. The van der Waals surface area contributed by atoms with Gasteiger partial charge in [0.2, 0.25) is 5.91 Å². The predicted octanol–water partition coefficient (Wildman–Crippen LogP) is 3.83. The highest BCUT2D eigenvalue weighted by Crippen LogP contribution is 2.36.